The van der Waals surface area contributed by atoms with Crippen LogP contribution in [0.15, 0.2) is 42.5 Å². The normalized spacial score (nSPS) is 11.8. The molecule has 2 aromatic rings. The lowest BCUT2D eigenvalue weighted by molar-refractivity contribution is 0.198. The number of hydrogen-bond acceptors (Lipinski definition) is 4. The fraction of sp³-hybridized carbons (Fsp3) is 0.294. The average molecular weight is 288 g/mol. The Hall–Kier alpha value is -2.20. The molecule has 0 aliphatic rings. The molecule has 1 N–H and O–H groups in total. The molecule has 4 nitrogen and oxygen atoms in total. The van der Waals surface area contributed by atoms with E-state index in [-0.39, 0.29) is 0 Å². The molecule has 0 saturated heterocycles. The minimum absolute atomic E-state index is 0.439. The smallest absolute Gasteiger partial charge is 0.161 e. The van der Waals surface area contributed by atoms with Crippen LogP contribution in [-0.2, 0) is 6.61 Å². The van der Waals surface area contributed by atoms with Crippen molar-refractivity contribution in [3.8, 4) is 17.2 Å². The highest BCUT2D eigenvalue weighted by Crippen LogP contribution is 2.31. The summed E-state index contributed by atoms with van der Waals surface area (Å²) in [4.78, 5) is 0. The molecule has 2 aromatic carbocycles. The Labute approximate surface area is 124 Å². The summed E-state index contributed by atoms with van der Waals surface area (Å²) < 4.78 is 16.2. The third-order valence-corrected chi connectivity index (χ3v) is 3.22. The van der Waals surface area contributed by atoms with Gasteiger partial charge in [-0.3, -0.25) is 0 Å². The van der Waals surface area contributed by atoms with Crippen molar-refractivity contribution in [1.82, 2.24) is 0 Å². The van der Waals surface area contributed by atoms with Gasteiger partial charge < -0.3 is 19.3 Å². The maximum absolute atomic E-state index is 9.58. The van der Waals surface area contributed by atoms with Crippen LogP contribution in [-0.4, -0.2) is 19.3 Å². The Bertz CT molecular complexity index is 576. The van der Waals surface area contributed by atoms with Gasteiger partial charge in [0.25, 0.3) is 0 Å². The van der Waals surface area contributed by atoms with Gasteiger partial charge >= 0.3 is 0 Å². The van der Waals surface area contributed by atoms with Gasteiger partial charge in [-0.1, -0.05) is 18.2 Å². The first-order valence-corrected chi connectivity index (χ1v) is 6.75. The van der Waals surface area contributed by atoms with E-state index in [9.17, 15) is 5.11 Å². The molecular formula is C17H20O4. The molecule has 0 aliphatic heterocycles. The van der Waals surface area contributed by atoms with E-state index in [1.165, 1.54) is 0 Å². The number of methoxy groups -OCH3 is 2. The summed E-state index contributed by atoms with van der Waals surface area (Å²) in [6.45, 7) is 2.15. The van der Waals surface area contributed by atoms with Gasteiger partial charge in [-0.05, 0) is 42.3 Å². The Balaban J connectivity index is 2.08. The lowest BCUT2D eigenvalue weighted by atomic mass is 10.1. The van der Waals surface area contributed by atoms with Crippen molar-refractivity contribution >= 4 is 0 Å². The fourth-order valence-electron chi connectivity index (χ4n) is 1.95. The molecule has 0 fully saturated rings. The van der Waals surface area contributed by atoms with Crippen LogP contribution in [0.4, 0.5) is 0 Å². The third-order valence-electron chi connectivity index (χ3n) is 3.22. The molecule has 0 bridgehead atoms. The molecule has 0 saturated carbocycles. The van der Waals surface area contributed by atoms with Crippen LogP contribution in [0.5, 0.6) is 17.2 Å². The van der Waals surface area contributed by atoms with Gasteiger partial charge in [0.05, 0.1) is 20.3 Å². The van der Waals surface area contributed by atoms with Gasteiger partial charge in [-0.25, -0.2) is 0 Å². The Morgan fingerprint density at radius 2 is 1.67 bits per heavy atom. The van der Waals surface area contributed by atoms with Crippen molar-refractivity contribution in [3.05, 3.63) is 53.6 Å². The van der Waals surface area contributed by atoms with E-state index in [0.717, 1.165) is 16.9 Å². The third kappa shape index (κ3) is 3.89. The van der Waals surface area contributed by atoms with E-state index in [4.69, 9.17) is 14.2 Å². The molecule has 0 radical (unpaired) electrons. The molecule has 21 heavy (non-hydrogen) atoms. The maximum atomic E-state index is 9.58. The lowest BCUT2D eigenvalue weighted by Crippen LogP contribution is -1.99. The van der Waals surface area contributed by atoms with Gasteiger partial charge in [-0.2, -0.15) is 0 Å². The highest BCUT2D eigenvalue weighted by molar-refractivity contribution is 5.43. The van der Waals surface area contributed by atoms with E-state index in [1.54, 1.807) is 27.2 Å². The molecule has 0 spiro atoms. The first-order valence-electron chi connectivity index (χ1n) is 6.75. The Kier molecular flexibility index (Phi) is 5.06. The van der Waals surface area contributed by atoms with E-state index in [2.05, 4.69) is 0 Å². The van der Waals surface area contributed by atoms with E-state index >= 15 is 0 Å². The predicted octanol–water partition coefficient (Wildman–Crippen LogP) is 3.34. The van der Waals surface area contributed by atoms with Crippen LogP contribution < -0.4 is 14.2 Å². The summed E-state index contributed by atoms with van der Waals surface area (Å²) in [5.74, 6) is 2.08. The number of ether oxygens (including phenoxy) is 3. The first-order chi connectivity index (χ1) is 10.1. The molecule has 0 unspecified atom stereocenters. The topological polar surface area (TPSA) is 47.9 Å². The largest absolute Gasteiger partial charge is 0.497 e. The predicted molar refractivity (Wildman–Crippen MR) is 81.0 cm³/mol. The van der Waals surface area contributed by atoms with Crippen molar-refractivity contribution in [3.63, 3.8) is 0 Å². The van der Waals surface area contributed by atoms with Crippen molar-refractivity contribution in [1.29, 1.82) is 0 Å². The van der Waals surface area contributed by atoms with E-state index in [1.807, 2.05) is 36.4 Å². The molecule has 0 aromatic heterocycles. The minimum Gasteiger partial charge on any atom is -0.497 e. The average Bonchev–Trinajstić information content (AvgIpc) is 2.53. The van der Waals surface area contributed by atoms with Crippen LogP contribution in [0.2, 0.25) is 0 Å². The summed E-state index contributed by atoms with van der Waals surface area (Å²) in [5, 5.41) is 9.58. The summed E-state index contributed by atoms with van der Waals surface area (Å²) in [6.07, 6.45) is -0.533. The summed E-state index contributed by atoms with van der Waals surface area (Å²) >= 11 is 0. The van der Waals surface area contributed by atoms with Crippen molar-refractivity contribution in [2.75, 3.05) is 14.2 Å². The zero-order chi connectivity index (χ0) is 15.2. The minimum atomic E-state index is -0.533. The standard InChI is InChI=1S/C17H20O4/c1-12(18)14-6-9-16(17(10-14)20-3)21-11-13-4-7-15(19-2)8-5-13/h4-10,12,18H,11H2,1-3H3/t12-/m0/s1. The second-order valence-corrected chi connectivity index (χ2v) is 4.72. The van der Waals surface area contributed by atoms with Gasteiger partial charge in [0, 0.05) is 0 Å². The molecule has 112 valence electrons. The first kappa shape index (κ1) is 15.2. The quantitative estimate of drug-likeness (QED) is 0.885. The monoisotopic (exact) mass is 288 g/mol. The van der Waals surface area contributed by atoms with Gasteiger partial charge in [-0.15, -0.1) is 0 Å². The molecule has 2 rings (SSSR count). The fourth-order valence-corrected chi connectivity index (χ4v) is 1.95. The summed E-state index contributed by atoms with van der Waals surface area (Å²) in [7, 11) is 3.22. The van der Waals surface area contributed by atoms with Gasteiger partial charge in [0.15, 0.2) is 11.5 Å². The highest BCUT2D eigenvalue weighted by Gasteiger charge is 2.09. The molecule has 0 amide bonds. The van der Waals surface area contributed by atoms with Crippen LogP contribution in [0.25, 0.3) is 0 Å². The van der Waals surface area contributed by atoms with Gasteiger partial charge in [0.2, 0.25) is 0 Å². The zero-order valence-corrected chi connectivity index (χ0v) is 12.5. The zero-order valence-electron chi connectivity index (χ0n) is 12.5. The SMILES string of the molecule is COc1ccc(COc2ccc([C@H](C)O)cc2OC)cc1. The van der Waals surface area contributed by atoms with Gasteiger partial charge in [0.1, 0.15) is 12.4 Å². The highest BCUT2D eigenvalue weighted by atomic mass is 16.5. The van der Waals surface area contributed by atoms with Crippen LogP contribution in [0, 0.1) is 0 Å². The number of hydrogen-bond donors (Lipinski definition) is 1. The summed E-state index contributed by atoms with van der Waals surface area (Å²) in [6, 6.07) is 13.1. The maximum Gasteiger partial charge on any atom is 0.161 e. The Morgan fingerprint density at radius 1 is 0.952 bits per heavy atom. The van der Waals surface area contributed by atoms with Crippen LogP contribution in [0.1, 0.15) is 24.2 Å². The molecule has 0 aliphatic carbocycles. The van der Waals surface area contributed by atoms with Crippen molar-refractivity contribution in [2.24, 2.45) is 0 Å². The Morgan fingerprint density at radius 3 is 2.24 bits per heavy atom. The van der Waals surface area contributed by atoms with Crippen LogP contribution >= 0.6 is 0 Å². The van der Waals surface area contributed by atoms with E-state index < -0.39 is 6.10 Å². The van der Waals surface area contributed by atoms with Crippen LogP contribution in [0.3, 0.4) is 0 Å². The number of benzene rings is 2. The number of rotatable bonds is 6. The summed E-state index contributed by atoms with van der Waals surface area (Å²) in [5.41, 5.74) is 1.83. The molecule has 1 atom stereocenters. The van der Waals surface area contributed by atoms with E-state index in [0.29, 0.717) is 18.1 Å². The molecular weight excluding hydrogens is 268 g/mol. The number of aliphatic hydroxyl groups excluding tert-OH is 1. The molecule has 4 heteroatoms. The number of aliphatic hydroxyl groups is 1. The molecule has 0 heterocycles. The lowest BCUT2D eigenvalue weighted by Gasteiger charge is -2.13. The second-order valence-electron chi connectivity index (χ2n) is 4.72. The second kappa shape index (κ2) is 6.99. The van der Waals surface area contributed by atoms with Crippen molar-refractivity contribution < 1.29 is 19.3 Å². The van der Waals surface area contributed by atoms with Crippen molar-refractivity contribution in [2.45, 2.75) is 19.6 Å².